The van der Waals surface area contributed by atoms with Crippen LogP contribution in [0.15, 0.2) is 30.5 Å². The molecule has 1 aromatic carbocycles. The second-order valence-electron chi connectivity index (χ2n) is 5.98. The minimum Gasteiger partial charge on any atom is -0.311 e. The van der Waals surface area contributed by atoms with Crippen molar-refractivity contribution in [1.29, 1.82) is 0 Å². The Balaban J connectivity index is 1.57. The number of carbonyl (C=O) groups excluding carboxylic acids is 1. The molecule has 22 heavy (non-hydrogen) atoms. The van der Waals surface area contributed by atoms with Crippen LogP contribution >= 0.6 is 0 Å². The van der Waals surface area contributed by atoms with E-state index in [2.05, 4.69) is 10.4 Å². The molecule has 0 saturated heterocycles. The molecule has 0 bridgehead atoms. The zero-order chi connectivity index (χ0) is 15.5. The molecule has 4 nitrogen and oxygen atoms in total. The highest BCUT2D eigenvalue weighted by atomic mass is 19.1. The Hall–Kier alpha value is -2.17. The summed E-state index contributed by atoms with van der Waals surface area (Å²) in [6.07, 6.45) is 5.26. The van der Waals surface area contributed by atoms with E-state index in [-0.39, 0.29) is 11.7 Å². The highest BCUT2D eigenvalue weighted by molar-refractivity contribution is 5.90. The van der Waals surface area contributed by atoms with Gasteiger partial charge in [-0.1, -0.05) is 12.1 Å². The number of aryl methyl sites for hydroxylation is 2. The standard InChI is InChI=1S/C17H20FN3O/c1-12-10-19-21(11-14-2-3-14)17(12)20-16(22)9-6-13-4-7-15(18)8-5-13/h4-5,7-8,10,14H,2-3,6,9,11H2,1H3,(H,20,22). The summed E-state index contributed by atoms with van der Waals surface area (Å²) in [5.41, 5.74) is 1.94. The molecule has 2 aromatic rings. The van der Waals surface area contributed by atoms with Crippen LogP contribution in [0.4, 0.5) is 10.2 Å². The summed E-state index contributed by atoms with van der Waals surface area (Å²) < 4.78 is 14.7. The van der Waals surface area contributed by atoms with Gasteiger partial charge < -0.3 is 5.32 Å². The van der Waals surface area contributed by atoms with Crippen LogP contribution in [0.1, 0.15) is 30.4 Å². The maximum atomic E-state index is 12.8. The molecule has 3 rings (SSSR count). The molecule has 1 heterocycles. The molecule has 1 N–H and O–H groups in total. The summed E-state index contributed by atoms with van der Waals surface area (Å²) in [5.74, 6) is 1.21. The van der Waals surface area contributed by atoms with Crippen molar-refractivity contribution in [3.63, 3.8) is 0 Å². The van der Waals surface area contributed by atoms with Gasteiger partial charge in [0, 0.05) is 18.5 Å². The first-order valence-corrected chi connectivity index (χ1v) is 7.68. The Morgan fingerprint density at radius 1 is 1.36 bits per heavy atom. The van der Waals surface area contributed by atoms with E-state index in [1.54, 1.807) is 18.3 Å². The van der Waals surface area contributed by atoms with Crippen LogP contribution < -0.4 is 5.32 Å². The first-order valence-electron chi connectivity index (χ1n) is 7.68. The Kier molecular flexibility index (Phi) is 4.22. The van der Waals surface area contributed by atoms with Crippen molar-refractivity contribution in [2.75, 3.05) is 5.32 Å². The molecule has 1 saturated carbocycles. The fraction of sp³-hybridized carbons (Fsp3) is 0.412. The van der Waals surface area contributed by atoms with Crippen LogP contribution in [0.25, 0.3) is 0 Å². The van der Waals surface area contributed by atoms with Gasteiger partial charge >= 0.3 is 0 Å². The van der Waals surface area contributed by atoms with Gasteiger partial charge in [0.1, 0.15) is 11.6 Å². The lowest BCUT2D eigenvalue weighted by Gasteiger charge is -2.10. The van der Waals surface area contributed by atoms with Crippen molar-refractivity contribution in [3.05, 3.63) is 47.4 Å². The van der Waals surface area contributed by atoms with Crippen molar-refractivity contribution in [2.45, 2.75) is 39.2 Å². The summed E-state index contributed by atoms with van der Waals surface area (Å²) in [4.78, 5) is 12.1. The van der Waals surface area contributed by atoms with E-state index in [1.807, 2.05) is 11.6 Å². The third kappa shape index (κ3) is 3.72. The van der Waals surface area contributed by atoms with Gasteiger partial charge in [0.05, 0.1) is 6.20 Å². The first-order chi connectivity index (χ1) is 10.6. The van der Waals surface area contributed by atoms with E-state index < -0.39 is 0 Å². The van der Waals surface area contributed by atoms with Crippen LogP contribution in [0.3, 0.4) is 0 Å². The predicted molar refractivity (Wildman–Crippen MR) is 83.0 cm³/mol. The minimum absolute atomic E-state index is 0.0371. The lowest BCUT2D eigenvalue weighted by Crippen LogP contribution is -2.17. The molecule has 0 unspecified atom stereocenters. The SMILES string of the molecule is Cc1cnn(CC2CC2)c1NC(=O)CCc1ccc(F)cc1. The van der Waals surface area contributed by atoms with Gasteiger partial charge in [0.25, 0.3) is 0 Å². The van der Waals surface area contributed by atoms with E-state index in [9.17, 15) is 9.18 Å². The Morgan fingerprint density at radius 2 is 2.09 bits per heavy atom. The van der Waals surface area contributed by atoms with Crippen LogP contribution in [0.5, 0.6) is 0 Å². The van der Waals surface area contributed by atoms with Crippen LogP contribution in [0.2, 0.25) is 0 Å². The number of nitrogens with one attached hydrogen (secondary N) is 1. The Labute approximate surface area is 129 Å². The van der Waals surface area contributed by atoms with Crippen molar-refractivity contribution in [2.24, 2.45) is 5.92 Å². The Morgan fingerprint density at radius 3 is 2.77 bits per heavy atom. The zero-order valence-electron chi connectivity index (χ0n) is 12.7. The van der Waals surface area contributed by atoms with Gasteiger partial charge in [-0.05, 0) is 49.8 Å². The Bertz CT molecular complexity index is 659. The molecule has 1 aromatic heterocycles. The van der Waals surface area contributed by atoms with E-state index in [0.717, 1.165) is 23.5 Å². The molecular formula is C17H20FN3O. The number of aromatic nitrogens is 2. The molecule has 1 fully saturated rings. The topological polar surface area (TPSA) is 46.9 Å². The van der Waals surface area contributed by atoms with Crippen LogP contribution in [-0.4, -0.2) is 15.7 Å². The third-order valence-electron chi connectivity index (χ3n) is 3.96. The molecule has 0 atom stereocenters. The fourth-order valence-electron chi connectivity index (χ4n) is 2.43. The van der Waals surface area contributed by atoms with Gasteiger partial charge in [-0.15, -0.1) is 0 Å². The highest BCUT2D eigenvalue weighted by Crippen LogP contribution is 2.31. The number of halogens is 1. The molecule has 5 heteroatoms. The number of hydrogen-bond acceptors (Lipinski definition) is 2. The van der Waals surface area contributed by atoms with Crippen molar-refractivity contribution in [1.82, 2.24) is 9.78 Å². The summed E-state index contributed by atoms with van der Waals surface area (Å²) in [7, 11) is 0. The van der Waals surface area contributed by atoms with Gasteiger partial charge in [-0.2, -0.15) is 5.10 Å². The van der Waals surface area contributed by atoms with Crippen molar-refractivity contribution < 1.29 is 9.18 Å². The van der Waals surface area contributed by atoms with Crippen molar-refractivity contribution in [3.8, 4) is 0 Å². The number of anilines is 1. The van der Waals surface area contributed by atoms with Gasteiger partial charge in [0.15, 0.2) is 0 Å². The summed E-state index contributed by atoms with van der Waals surface area (Å²) in [6.45, 7) is 2.83. The average Bonchev–Trinajstić information content (AvgIpc) is 3.26. The van der Waals surface area contributed by atoms with E-state index in [0.29, 0.717) is 18.8 Å². The summed E-state index contributed by atoms with van der Waals surface area (Å²) in [6, 6.07) is 6.26. The molecule has 0 aliphatic heterocycles. The number of carbonyl (C=O) groups is 1. The fourth-order valence-corrected chi connectivity index (χ4v) is 2.43. The number of amides is 1. The molecule has 0 spiro atoms. The van der Waals surface area contributed by atoms with Gasteiger partial charge in [-0.3, -0.25) is 4.79 Å². The van der Waals surface area contributed by atoms with Crippen molar-refractivity contribution >= 4 is 11.7 Å². The van der Waals surface area contributed by atoms with Crippen LogP contribution in [0, 0.1) is 18.7 Å². The van der Waals surface area contributed by atoms with E-state index >= 15 is 0 Å². The normalized spacial score (nSPS) is 14.1. The van der Waals surface area contributed by atoms with E-state index in [4.69, 9.17) is 0 Å². The third-order valence-corrected chi connectivity index (χ3v) is 3.96. The minimum atomic E-state index is -0.257. The number of rotatable bonds is 6. The average molecular weight is 301 g/mol. The lowest BCUT2D eigenvalue weighted by atomic mass is 10.1. The molecule has 116 valence electrons. The predicted octanol–water partition coefficient (Wildman–Crippen LogP) is 3.31. The number of benzene rings is 1. The second-order valence-corrected chi connectivity index (χ2v) is 5.98. The van der Waals surface area contributed by atoms with Crippen LogP contribution in [-0.2, 0) is 17.8 Å². The van der Waals surface area contributed by atoms with E-state index in [1.165, 1.54) is 25.0 Å². The quantitative estimate of drug-likeness (QED) is 0.889. The maximum Gasteiger partial charge on any atom is 0.225 e. The largest absolute Gasteiger partial charge is 0.311 e. The van der Waals surface area contributed by atoms with Gasteiger partial charge in [-0.25, -0.2) is 9.07 Å². The molecule has 1 aliphatic rings. The maximum absolute atomic E-state index is 12.8. The first kappa shape index (κ1) is 14.8. The molecule has 0 radical (unpaired) electrons. The smallest absolute Gasteiger partial charge is 0.225 e. The molecule has 1 amide bonds. The van der Waals surface area contributed by atoms with Gasteiger partial charge in [0.2, 0.25) is 5.91 Å². The summed E-state index contributed by atoms with van der Waals surface area (Å²) >= 11 is 0. The number of hydrogen-bond donors (Lipinski definition) is 1. The monoisotopic (exact) mass is 301 g/mol. The summed E-state index contributed by atoms with van der Waals surface area (Å²) in [5, 5.41) is 7.30. The lowest BCUT2D eigenvalue weighted by molar-refractivity contribution is -0.116. The molecular weight excluding hydrogens is 281 g/mol. The highest BCUT2D eigenvalue weighted by Gasteiger charge is 2.24. The second kappa shape index (κ2) is 6.30. The zero-order valence-corrected chi connectivity index (χ0v) is 12.7. The molecule has 1 aliphatic carbocycles. The number of nitrogens with zero attached hydrogens (tertiary/aromatic N) is 2.